The Morgan fingerprint density at radius 3 is 2.62 bits per heavy atom. The fourth-order valence-corrected chi connectivity index (χ4v) is 2.08. The van der Waals surface area contributed by atoms with Gasteiger partial charge in [0, 0.05) is 16.8 Å². The van der Waals surface area contributed by atoms with Gasteiger partial charge in [0.05, 0.1) is 24.0 Å². The van der Waals surface area contributed by atoms with E-state index in [1.165, 1.54) is 13.2 Å². The van der Waals surface area contributed by atoms with Gasteiger partial charge in [-0.05, 0) is 36.8 Å². The van der Waals surface area contributed by atoms with E-state index < -0.39 is 5.97 Å². The van der Waals surface area contributed by atoms with Gasteiger partial charge in [-0.15, -0.1) is 0 Å². The highest BCUT2D eigenvalue weighted by molar-refractivity contribution is 6.31. The predicted octanol–water partition coefficient (Wildman–Crippen LogP) is 3.68. The van der Waals surface area contributed by atoms with Gasteiger partial charge in [-0.25, -0.2) is 4.79 Å². The van der Waals surface area contributed by atoms with Crippen molar-refractivity contribution in [1.29, 1.82) is 0 Å². The second-order valence-electron chi connectivity index (χ2n) is 4.54. The van der Waals surface area contributed by atoms with Crippen LogP contribution in [0.4, 0.5) is 17.1 Å². The van der Waals surface area contributed by atoms with Gasteiger partial charge < -0.3 is 20.9 Å². The number of nitrogens with one attached hydrogen (secondary N) is 1. The van der Waals surface area contributed by atoms with E-state index in [0.717, 1.165) is 5.56 Å². The Balaban J connectivity index is 2.49. The van der Waals surface area contributed by atoms with Crippen LogP contribution in [0.2, 0.25) is 5.02 Å². The number of hydrogen-bond donors (Lipinski definition) is 3. The van der Waals surface area contributed by atoms with E-state index in [2.05, 4.69) is 5.32 Å². The molecule has 2 aromatic rings. The van der Waals surface area contributed by atoms with Crippen LogP contribution in [0, 0.1) is 6.92 Å². The van der Waals surface area contributed by atoms with Crippen LogP contribution in [0.25, 0.3) is 0 Å². The third-order valence-electron chi connectivity index (χ3n) is 3.02. The Morgan fingerprint density at radius 2 is 2.00 bits per heavy atom. The summed E-state index contributed by atoms with van der Waals surface area (Å²) in [6, 6.07) is 8.02. The van der Waals surface area contributed by atoms with E-state index >= 15 is 0 Å². The highest BCUT2D eigenvalue weighted by atomic mass is 35.5. The molecule has 0 saturated heterocycles. The molecule has 2 aromatic carbocycles. The molecule has 4 N–H and O–H groups in total. The SMILES string of the molecule is COc1cc(Cl)c(C)cc1Nc1cc(N)ccc1C(=O)O. The maximum atomic E-state index is 11.3. The minimum atomic E-state index is -1.04. The first-order valence-electron chi connectivity index (χ1n) is 6.16. The molecule has 5 nitrogen and oxygen atoms in total. The maximum Gasteiger partial charge on any atom is 0.337 e. The molecule has 0 unspecified atom stereocenters. The summed E-state index contributed by atoms with van der Waals surface area (Å²) in [5.41, 5.74) is 8.17. The van der Waals surface area contributed by atoms with Crippen LogP contribution in [0.15, 0.2) is 30.3 Å². The van der Waals surface area contributed by atoms with Gasteiger partial charge in [0.25, 0.3) is 0 Å². The number of halogens is 1. The number of aromatic carboxylic acids is 1. The molecule has 0 atom stereocenters. The number of ether oxygens (including phenoxy) is 1. The topological polar surface area (TPSA) is 84.6 Å². The highest BCUT2D eigenvalue weighted by Crippen LogP contribution is 2.34. The minimum absolute atomic E-state index is 0.124. The Labute approximate surface area is 127 Å². The van der Waals surface area contributed by atoms with E-state index in [1.54, 1.807) is 24.3 Å². The van der Waals surface area contributed by atoms with Gasteiger partial charge in [0.15, 0.2) is 0 Å². The highest BCUT2D eigenvalue weighted by Gasteiger charge is 2.13. The summed E-state index contributed by atoms with van der Waals surface area (Å²) in [6.07, 6.45) is 0. The van der Waals surface area contributed by atoms with E-state index in [9.17, 15) is 9.90 Å². The molecule has 21 heavy (non-hydrogen) atoms. The summed E-state index contributed by atoms with van der Waals surface area (Å²) in [5.74, 6) is -0.522. The number of aryl methyl sites for hydroxylation is 1. The number of rotatable bonds is 4. The lowest BCUT2D eigenvalue weighted by Gasteiger charge is -2.15. The zero-order valence-corrected chi connectivity index (χ0v) is 12.4. The molecule has 0 saturated carbocycles. The first-order chi connectivity index (χ1) is 9.92. The van der Waals surface area contributed by atoms with Crippen molar-refractivity contribution in [2.24, 2.45) is 0 Å². The number of nitrogens with two attached hydrogens (primary N) is 1. The molecule has 6 heteroatoms. The lowest BCUT2D eigenvalue weighted by molar-refractivity contribution is 0.0698. The summed E-state index contributed by atoms with van der Waals surface area (Å²) in [4.78, 5) is 11.3. The molecule has 0 aliphatic rings. The minimum Gasteiger partial charge on any atom is -0.495 e. The number of anilines is 3. The fourth-order valence-electron chi connectivity index (χ4n) is 1.93. The summed E-state index contributed by atoms with van der Waals surface area (Å²) < 4.78 is 5.26. The van der Waals surface area contributed by atoms with Crippen molar-refractivity contribution >= 4 is 34.6 Å². The number of methoxy groups -OCH3 is 1. The summed E-state index contributed by atoms with van der Waals surface area (Å²) in [6.45, 7) is 1.85. The van der Waals surface area contributed by atoms with Crippen molar-refractivity contribution in [1.82, 2.24) is 0 Å². The van der Waals surface area contributed by atoms with Crippen LogP contribution in [-0.2, 0) is 0 Å². The second kappa shape index (κ2) is 5.93. The van der Waals surface area contributed by atoms with Crippen LogP contribution >= 0.6 is 11.6 Å². The average molecular weight is 307 g/mol. The van der Waals surface area contributed by atoms with Crippen molar-refractivity contribution in [2.45, 2.75) is 6.92 Å². The lowest BCUT2D eigenvalue weighted by atomic mass is 10.1. The number of benzene rings is 2. The van der Waals surface area contributed by atoms with Gasteiger partial charge in [-0.3, -0.25) is 0 Å². The molecule has 0 fully saturated rings. The zero-order chi connectivity index (χ0) is 15.6. The molecule has 0 heterocycles. The fraction of sp³-hybridized carbons (Fsp3) is 0.133. The van der Waals surface area contributed by atoms with Gasteiger partial charge in [0.2, 0.25) is 0 Å². The average Bonchev–Trinajstić information content (AvgIpc) is 2.42. The number of carboxylic acids is 1. The van der Waals surface area contributed by atoms with E-state index in [0.29, 0.717) is 27.8 Å². The Morgan fingerprint density at radius 1 is 1.29 bits per heavy atom. The predicted molar refractivity (Wildman–Crippen MR) is 83.8 cm³/mol. The van der Waals surface area contributed by atoms with E-state index in [-0.39, 0.29) is 5.56 Å². The Bertz CT molecular complexity index is 702. The van der Waals surface area contributed by atoms with Gasteiger partial charge in [0.1, 0.15) is 5.75 Å². The van der Waals surface area contributed by atoms with Gasteiger partial charge in [-0.2, -0.15) is 0 Å². The number of carbonyl (C=O) groups is 1. The molecular weight excluding hydrogens is 292 g/mol. The van der Waals surface area contributed by atoms with Crippen LogP contribution in [0.3, 0.4) is 0 Å². The third-order valence-corrected chi connectivity index (χ3v) is 3.43. The van der Waals surface area contributed by atoms with Crippen LogP contribution in [0.5, 0.6) is 5.75 Å². The summed E-state index contributed by atoms with van der Waals surface area (Å²) in [5, 5.41) is 12.8. The van der Waals surface area contributed by atoms with E-state index in [1.807, 2.05) is 6.92 Å². The van der Waals surface area contributed by atoms with Crippen LogP contribution < -0.4 is 15.8 Å². The number of nitrogen functional groups attached to an aromatic ring is 1. The van der Waals surface area contributed by atoms with Crippen molar-refractivity contribution < 1.29 is 14.6 Å². The first kappa shape index (κ1) is 15.0. The number of carboxylic acid groups (broad SMARTS) is 1. The molecule has 0 spiro atoms. The number of hydrogen-bond acceptors (Lipinski definition) is 4. The molecular formula is C15H15ClN2O3. The summed E-state index contributed by atoms with van der Waals surface area (Å²) >= 11 is 6.05. The molecule has 0 bridgehead atoms. The van der Waals surface area contributed by atoms with Crippen molar-refractivity contribution in [3.05, 3.63) is 46.5 Å². The van der Waals surface area contributed by atoms with Gasteiger partial charge in [-0.1, -0.05) is 11.6 Å². The monoisotopic (exact) mass is 306 g/mol. The van der Waals surface area contributed by atoms with Crippen molar-refractivity contribution in [3.8, 4) is 5.75 Å². The second-order valence-corrected chi connectivity index (χ2v) is 4.94. The van der Waals surface area contributed by atoms with Crippen molar-refractivity contribution in [3.63, 3.8) is 0 Å². The zero-order valence-electron chi connectivity index (χ0n) is 11.6. The molecule has 0 amide bonds. The largest absolute Gasteiger partial charge is 0.495 e. The van der Waals surface area contributed by atoms with Crippen molar-refractivity contribution in [2.75, 3.05) is 18.2 Å². The Hall–Kier alpha value is -2.40. The van der Waals surface area contributed by atoms with Gasteiger partial charge >= 0.3 is 5.97 Å². The summed E-state index contributed by atoms with van der Waals surface area (Å²) in [7, 11) is 1.52. The molecule has 0 aromatic heterocycles. The molecule has 0 aliphatic carbocycles. The van der Waals surface area contributed by atoms with Crippen LogP contribution in [0.1, 0.15) is 15.9 Å². The van der Waals surface area contributed by atoms with Crippen LogP contribution in [-0.4, -0.2) is 18.2 Å². The maximum absolute atomic E-state index is 11.3. The lowest BCUT2D eigenvalue weighted by Crippen LogP contribution is -2.04. The Kier molecular flexibility index (Phi) is 4.23. The standard InChI is InChI=1S/C15H15ClN2O3/c1-8-5-13(14(21-2)7-11(8)16)18-12-6-9(17)3-4-10(12)15(19)20/h3-7,18H,17H2,1-2H3,(H,19,20). The third kappa shape index (κ3) is 3.20. The normalized spacial score (nSPS) is 10.2. The van der Waals surface area contributed by atoms with E-state index in [4.69, 9.17) is 22.1 Å². The molecule has 0 radical (unpaired) electrons. The molecule has 110 valence electrons. The molecule has 2 rings (SSSR count). The molecule has 0 aliphatic heterocycles. The smallest absolute Gasteiger partial charge is 0.337 e. The first-order valence-corrected chi connectivity index (χ1v) is 6.54. The quantitative estimate of drug-likeness (QED) is 0.750.